The predicted octanol–water partition coefficient (Wildman–Crippen LogP) is 2.37. The molecule has 18 heavy (non-hydrogen) atoms. The maximum Gasteiger partial charge on any atom is 0.328 e. The summed E-state index contributed by atoms with van der Waals surface area (Å²) in [4.78, 5) is 11.8. The fourth-order valence-electron chi connectivity index (χ4n) is 1.68. The van der Waals surface area contributed by atoms with E-state index in [1.54, 1.807) is 0 Å². The van der Waals surface area contributed by atoms with Crippen LogP contribution in [0.15, 0.2) is 0 Å². The number of hydrogen-bond acceptors (Lipinski definition) is 4. The maximum absolute atomic E-state index is 11.8. The number of rotatable bonds is 7. The summed E-state index contributed by atoms with van der Waals surface area (Å²) in [6, 6.07) is 0.195. The van der Waals surface area contributed by atoms with Crippen molar-refractivity contribution in [2.45, 2.75) is 59.5 Å². The highest BCUT2D eigenvalue weighted by molar-refractivity contribution is 5.80. The molecule has 0 amide bonds. The van der Waals surface area contributed by atoms with Crippen molar-refractivity contribution in [3.8, 4) is 0 Å². The third kappa shape index (κ3) is 6.97. The smallest absolute Gasteiger partial charge is 0.328 e. The van der Waals surface area contributed by atoms with E-state index in [-0.39, 0.29) is 17.4 Å². The van der Waals surface area contributed by atoms with Crippen molar-refractivity contribution >= 4 is 5.97 Å². The molecular formula is C14H29NO3. The van der Waals surface area contributed by atoms with E-state index >= 15 is 0 Å². The van der Waals surface area contributed by atoms with Crippen molar-refractivity contribution in [3.05, 3.63) is 0 Å². The Morgan fingerprint density at radius 2 is 1.78 bits per heavy atom. The van der Waals surface area contributed by atoms with E-state index in [0.717, 1.165) is 6.42 Å². The lowest BCUT2D eigenvalue weighted by atomic mass is 9.93. The van der Waals surface area contributed by atoms with Crippen molar-refractivity contribution in [1.29, 1.82) is 0 Å². The van der Waals surface area contributed by atoms with Gasteiger partial charge in [0.25, 0.3) is 0 Å². The van der Waals surface area contributed by atoms with Crippen LogP contribution in [0.25, 0.3) is 0 Å². The van der Waals surface area contributed by atoms with E-state index in [2.05, 4.69) is 26.1 Å². The lowest BCUT2D eigenvalue weighted by Crippen LogP contribution is -2.56. The van der Waals surface area contributed by atoms with E-state index < -0.39 is 5.54 Å². The monoisotopic (exact) mass is 259 g/mol. The number of carbonyl (C=O) groups is 1. The SMILES string of the molecule is COC(=O)C(C)(COCCC(C)(C)C)NC(C)C. The number of hydrogen-bond donors (Lipinski definition) is 1. The van der Waals surface area contributed by atoms with Crippen LogP contribution in [0.3, 0.4) is 0 Å². The zero-order chi connectivity index (χ0) is 14.4. The molecule has 1 N–H and O–H groups in total. The molecule has 0 aliphatic heterocycles. The Kier molecular flexibility index (Phi) is 6.86. The Bertz CT molecular complexity index is 258. The van der Waals surface area contributed by atoms with Gasteiger partial charge in [0.15, 0.2) is 0 Å². The summed E-state index contributed by atoms with van der Waals surface area (Å²) >= 11 is 0. The Hall–Kier alpha value is -0.610. The number of ether oxygens (including phenoxy) is 2. The maximum atomic E-state index is 11.8. The summed E-state index contributed by atoms with van der Waals surface area (Å²) in [7, 11) is 1.40. The summed E-state index contributed by atoms with van der Waals surface area (Å²) < 4.78 is 10.5. The van der Waals surface area contributed by atoms with Gasteiger partial charge in [0, 0.05) is 12.6 Å². The second kappa shape index (κ2) is 7.10. The molecule has 4 heteroatoms. The lowest BCUT2D eigenvalue weighted by molar-refractivity contribution is -0.151. The van der Waals surface area contributed by atoms with Crippen LogP contribution in [0.2, 0.25) is 0 Å². The summed E-state index contributed by atoms with van der Waals surface area (Å²) in [5.41, 5.74) is -0.534. The first-order chi connectivity index (χ1) is 8.10. The summed E-state index contributed by atoms with van der Waals surface area (Å²) in [5, 5.41) is 3.21. The van der Waals surface area contributed by atoms with Crippen LogP contribution in [0, 0.1) is 5.41 Å². The van der Waals surface area contributed by atoms with Crippen molar-refractivity contribution < 1.29 is 14.3 Å². The van der Waals surface area contributed by atoms with Gasteiger partial charge in [0.1, 0.15) is 5.54 Å². The first-order valence-electron chi connectivity index (χ1n) is 6.54. The molecule has 0 aromatic heterocycles. The number of carbonyl (C=O) groups excluding carboxylic acids is 1. The first kappa shape index (κ1) is 17.4. The normalized spacial score (nSPS) is 15.6. The van der Waals surface area contributed by atoms with E-state index in [1.807, 2.05) is 20.8 Å². The molecule has 0 bridgehead atoms. The molecule has 0 aromatic carbocycles. The molecule has 0 spiro atoms. The zero-order valence-corrected chi connectivity index (χ0v) is 12.9. The molecule has 0 aromatic rings. The van der Waals surface area contributed by atoms with Gasteiger partial charge in [-0.25, -0.2) is 4.79 Å². The van der Waals surface area contributed by atoms with Crippen molar-refractivity contribution in [2.75, 3.05) is 20.3 Å². The second-order valence-corrected chi connectivity index (χ2v) is 6.49. The largest absolute Gasteiger partial charge is 0.468 e. The molecule has 0 aliphatic carbocycles. The Balaban J connectivity index is 4.30. The van der Waals surface area contributed by atoms with E-state index in [4.69, 9.17) is 9.47 Å². The van der Waals surface area contributed by atoms with E-state index in [9.17, 15) is 4.79 Å². The van der Waals surface area contributed by atoms with Gasteiger partial charge in [-0.3, -0.25) is 5.32 Å². The standard InChI is InChI=1S/C14H29NO3/c1-11(2)15-14(6,12(16)17-7)10-18-9-8-13(3,4)5/h11,15H,8-10H2,1-7H3. The molecule has 4 nitrogen and oxygen atoms in total. The molecule has 108 valence electrons. The number of esters is 1. The van der Waals surface area contributed by atoms with Gasteiger partial charge in [-0.15, -0.1) is 0 Å². The second-order valence-electron chi connectivity index (χ2n) is 6.49. The van der Waals surface area contributed by atoms with Crippen molar-refractivity contribution in [2.24, 2.45) is 5.41 Å². The average Bonchev–Trinajstić information content (AvgIpc) is 2.21. The number of methoxy groups -OCH3 is 1. The van der Waals surface area contributed by atoms with Crippen LogP contribution in [0.5, 0.6) is 0 Å². The quantitative estimate of drug-likeness (QED) is 0.563. The molecule has 0 rings (SSSR count). The first-order valence-corrected chi connectivity index (χ1v) is 6.54. The van der Waals surface area contributed by atoms with Gasteiger partial charge in [-0.1, -0.05) is 20.8 Å². The summed E-state index contributed by atoms with van der Waals surface area (Å²) in [6.07, 6.45) is 0.964. The Morgan fingerprint density at radius 1 is 1.22 bits per heavy atom. The fourth-order valence-corrected chi connectivity index (χ4v) is 1.68. The minimum absolute atomic E-state index is 0.195. The van der Waals surface area contributed by atoms with E-state index in [0.29, 0.717) is 13.2 Å². The van der Waals surface area contributed by atoms with Crippen LogP contribution >= 0.6 is 0 Å². The molecule has 0 saturated carbocycles. The molecule has 0 heterocycles. The van der Waals surface area contributed by atoms with Gasteiger partial charge in [0.2, 0.25) is 0 Å². The van der Waals surface area contributed by atoms with Gasteiger partial charge >= 0.3 is 5.97 Å². The van der Waals surface area contributed by atoms with E-state index in [1.165, 1.54) is 7.11 Å². The fraction of sp³-hybridized carbons (Fsp3) is 0.929. The van der Waals surface area contributed by atoms with Gasteiger partial charge in [-0.2, -0.15) is 0 Å². The molecule has 0 radical (unpaired) electrons. The van der Waals surface area contributed by atoms with Crippen LogP contribution in [-0.4, -0.2) is 37.9 Å². The minimum Gasteiger partial charge on any atom is -0.468 e. The third-order valence-corrected chi connectivity index (χ3v) is 2.63. The van der Waals surface area contributed by atoms with Crippen LogP contribution in [0.4, 0.5) is 0 Å². The predicted molar refractivity (Wildman–Crippen MR) is 73.6 cm³/mol. The molecule has 1 atom stereocenters. The summed E-state index contributed by atoms with van der Waals surface area (Å²) in [5.74, 6) is -0.285. The molecular weight excluding hydrogens is 230 g/mol. The molecule has 0 saturated heterocycles. The number of nitrogens with one attached hydrogen (secondary N) is 1. The molecule has 0 fully saturated rings. The topological polar surface area (TPSA) is 47.6 Å². The third-order valence-electron chi connectivity index (χ3n) is 2.63. The zero-order valence-electron chi connectivity index (χ0n) is 12.9. The van der Waals surface area contributed by atoms with Crippen LogP contribution in [0.1, 0.15) is 48.0 Å². The van der Waals surface area contributed by atoms with Crippen molar-refractivity contribution in [3.63, 3.8) is 0 Å². The molecule has 1 unspecified atom stereocenters. The average molecular weight is 259 g/mol. The molecule has 0 aliphatic rings. The van der Waals surface area contributed by atoms with Gasteiger partial charge < -0.3 is 9.47 Å². The highest BCUT2D eigenvalue weighted by Gasteiger charge is 2.35. The Morgan fingerprint density at radius 3 is 2.17 bits per heavy atom. The highest BCUT2D eigenvalue weighted by Crippen LogP contribution is 2.18. The minimum atomic E-state index is -0.777. The summed E-state index contributed by atoms with van der Waals surface area (Å²) in [6.45, 7) is 13.3. The Labute approximate surface area is 111 Å². The van der Waals surface area contributed by atoms with Crippen LogP contribution in [-0.2, 0) is 14.3 Å². The van der Waals surface area contributed by atoms with Gasteiger partial charge in [-0.05, 0) is 32.6 Å². The van der Waals surface area contributed by atoms with Crippen molar-refractivity contribution in [1.82, 2.24) is 5.32 Å². The van der Waals surface area contributed by atoms with Gasteiger partial charge in [0.05, 0.1) is 13.7 Å². The lowest BCUT2D eigenvalue weighted by Gasteiger charge is -2.30. The highest BCUT2D eigenvalue weighted by atomic mass is 16.5. The van der Waals surface area contributed by atoms with Crippen LogP contribution < -0.4 is 5.32 Å².